The molecule has 0 spiro atoms. The Bertz CT molecular complexity index is 542. The molecule has 0 bridgehead atoms. The highest BCUT2D eigenvalue weighted by atomic mass is 35.5. The fraction of sp³-hybridized carbons (Fsp3) is 0.571. The molecule has 2 rings (SSSR count). The van der Waals surface area contributed by atoms with Gasteiger partial charge in [-0.2, -0.15) is 4.31 Å². The number of alkyl halides is 1. The molecule has 0 aliphatic carbocycles. The Morgan fingerprint density at radius 3 is 2.68 bits per heavy atom. The maximum Gasteiger partial charge on any atom is 0.243 e. The highest BCUT2D eigenvalue weighted by Gasteiger charge is 2.37. The van der Waals surface area contributed by atoms with Crippen LogP contribution in [0.2, 0.25) is 0 Å². The highest BCUT2D eigenvalue weighted by molar-refractivity contribution is 7.89. The molecule has 1 fully saturated rings. The van der Waals surface area contributed by atoms with E-state index in [1.54, 1.807) is 22.5 Å². The topological polar surface area (TPSA) is 37.4 Å². The van der Waals surface area contributed by atoms with E-state index in [4.69, 9.17) is 11.6 Å². The Morgan fingerprint density at radius 2 is 2.05 bits per heavy atom. The first-order valence-electron chi connectivity index (χ1n) is 6.64. The van der Waals surface area contributed by atoms with Gasteiger partial charge in [0.15, 0.2) is 0 Å². The van der Waals surface area contributed by atoms with Crippen molar-refractivity contribution >= 4 is 21.6 Å². The molecular formula is C14H20ClNO2S. The van der Waals surface area contributed by atoms with Gasteiger partial charge in [0.2, 0.25) is 10.0 Å². The van der Waals surface area contributed by atoms with E-state index < -0.39 is 10.0 Å². The van der Waals surface area contributed by atoms with Crippen LogP contribution in [-0.4, -0.2) is 25.3 Å². The number of nitrogens with zero attached hydrogens (tertiary/aromatic N) is 1. The zero-order valence-electron chi connectivity index (χ0n) is 11.3. The Morgan fingerprint density at radius 1 is 1.37 bits per heavy atom. The van der Waals surface area contributed by atoms with Crippen molar-refractivity contribution in [1.29, 1.82) is 0 Å². The Hall–Kier alpha value is -0.580. The minimum atomic E-state index is -3.43. The van der Waals surface area contributed by atoms with E-state index in [9.17, 15) is 8.42 Å². The Kier molecular flexibility index (Phi) is 4.54. The number of hydrogen-bond donors (Lipinski definition) is 0. The van der Waals surface area contributed by atoms with Crippen LogP contribution in [0.4, 0.5) is 0 Å². The van der Waals surface area contributed by atoms with Gasteiger partial charge in [-0.15, -0.1) is 11.6 Å². The summed E-state index contributed by atoms with van der Waals surface area (Å²) in [7, 11) is -3.43. The minimum absolute atomic E-state index is 0.105. The van der Waals surface area contributed by atoms with Crippen LogP contribution in [0.25, 0.3) is 0 Å². The quantitative estimate of drug-likeness (QED) is 0.801. The summed E-state index contributed by atoms with van der Waals surface area (Å²) >= 11 is 5.86. The lowest BCUT2D eigenvalue weighted by Gasteiger charge is -2.27. The fourth-order valence-corrected chi connectivity index (χ4v) is 5.08. The van der Waals surface area contributed by atoms with E-state index in [1.807, 2.05) is 6.07 Å². The summed E-state index contributed by atoms with van der Waals surface area (Å²) in [6.45, 7) is 4.76. The van der Waals surface area contributed by atoms with Crippen LogP contribution in [0.5, 0.6) is 0 Å². The molecule has 19 heavy (non-hydrogen) atoms. The van der Waals surface area contributed by atoms with Gasteiger partial charge in [0.1, 0.15) is 0 Å². The molecule has 1 aromatic carbocycles. The molecule has 1 aliphatic rings. The molecule has 0 N–H and O–H groups in total. The smallest absolute Gasteiger partial charge is 0.207 e. The first-order valence-corrected chi connectivity index (χ1v) is 8.61. The number of benzene rings is 1. The molecule has 1 unspecified atom stereocenters. The summed E-state index contributed by atoms with van der Waals surface area (Å²) in [6.07, 6.45) is 1.88. The normalized spacial score (nSPS) is 21.2. The molecular weight excluding hydrogens is 282 g/mol. The molecule has 0 radical (unpaired) electrons. The van der Waals surface area contributed by atoms with Gasteiger partial charge in [-0.3, -0.25) is 0 Å². The second-order valence-corrected chi connectivity index (χ2v) is 7.44. The molecule has 1 saturated heterocycles. The molecule has 5 heteroatoms. The fourth-order valence-electron chi connectivity index (χ4n) is 2.72. The van der Waals surface area contributed by atoms with Crippen LogP contribution in [-0.2, 0) is 15.9 Å². The van der Waals surface area contributed by atoms with E-state index in [0.29, 0.717) is 22.9 Å². The van der Waals surface area contributed by atoms with Gasteiger partial charge in [0.05, 0.1) is 4.90 Å². The lowest BCUT2D eigenvalue weighted by molar-refractivity contribution is 0.315. The summed E-state index contributed by atoms with van der Waals surface area (Å²) in [5, 5.41) is 0. The number of halogens is 1. The van der Waals surface area contributed by atoms with Crippen LogP contribution in [0, 0.1) is 5.92 Å². The first kappa shape index (κ1) is 14.8. The Balaban J connectivity index is 2.42. The standard InChI is InChI=1S/C14H20ClNO2S/c1-11(2)13-7-5-9-16(13)19(17,18)14-8-4-3-6-12(14)10-15/h3-4,6,8,11,13H,5,7,9-10H2,1-2H3. The third kappa shape index (κ3) is 2.81. The van der Waals surface area contributed by atoms with Crippen molar-refractivity contribution in [3.63, 3.8) is 0 Å². The van der Waals surface area contributed by atoms with Crippen molar-refractivity contribution in [3.05, 3.63) is 29.8 Å². The van der Waals surface area contributed by atoms with Crippen molar-refractivity contribution in [1.82, 2.24) is 4.31 Å². The highest BCUT2D eigenvalue weighted by Crippen LogP contribution is 2.31. The summed E-state index contributed by atoms with van der Waals surface area (Å²) in [5.41, 5.74) is 0.679. The predicted molar refractivity (Wildman–Crippen MR) is 77.8 cm³/mol. The maximum absolute atomic E-state index is 12.8. The summed E-state index contributed by atoms with van der Waals surface area (Å²) in [5.74, 6) is 0.552. The summed E-state index contributed by atoms with van der Waals surface area (Å²) in [6, 6.07) is 7.11. The molecule has 1 atom stereocenters. The van der Waals surface area contributed by atoms with E-state index in [2.05, 4.69) is 13.8 Å². The zero-order chi connectivity index (χ0) is 14.0. The second kappa shape index (κ2) is 5.81. The monoisotopic (exact) mass is 301 g/mol. The van der Waals surface area contributed by atoms with E-state index in [1.165, 1.54) is 0 Å². The molecule has 3 nitrogen and oxygen atoms in total. The van der Waals surface area contributed by atoms with Gasteiger partial charge >= 0.3 is 0 Å². The van der Waals surface area contributed by atoms with Gasteiger partial charge in [0.25, 0.3) is 0 Å². The summed E-state index contributed by atoms with van der Waals surface area (Å²) < 4.78 is 27.2. The molecule has 106 valence electrons. The van der Waals surface area contributed by atoms with Crippen LogP contribution < -0.4 is 0 Å². The molecule has 1 aliphatic heterocycles. The first-order chi connectivity index (χ1) is 8.98. The lowest BCUT2D eigenvalue weighted by atomic mass is 10.0. The SMILES string of the molecule is CC(C)C1CCCN1S(=O)(=O)c1ccccc1CCl. The molecule has 0 aromatic heterocycles. The molecule has 0 saturated carbocycles. The van der Waals surface area contributed by atoms with Gasteiger partial charge < -0.3 is 0 Å². The van der Waals surface area contributed by atoms with Gasteiger partial charge in [-0.25, -0.2) is 8.42 Å². The van der Waals surface area contributed by atoms with Crippen LogP contribution in [0.3, 0.4) is 0 Å². The van der Waals surface area contributed by atoms with Crippen molar-refractivity contribution in [2.24, 2.45) is 5.92 Å². The van der Waals surface area contributed by atoms with E-state index in [0.717, 1.165) is 12.8 Å². The van der Waals surface area contributed by atoms with Crippen LogP contribution in [0.15, 0.2) is 29.2 Å². The molecule has 0 amide bonds. The number of sulfonamides is 1. The Labute approximate surface area is 120 Å². The average molecular weight is 302 g/mol. The van der Waals surface area contributed by atoms with Crippen molar-refractivity contribution in [2.75, 3.05) is 6.54 Å². The lowest BCUT2D eigenvalue weighted by Crippen LogP contribution is -2.38. The third-order valence-electron chi connectivity index (χ3n) is 3.72. The predicted octanol–water partition coefficient (Wildman–Crippen LogP) is 3.23. The molecule has 1 heterocycles. The van der Waals surface area contributed by atoms with Crippen LogP contribution >= 0.6 is 11.6 Å². The zero-order valence-corrected chi connectivity index (χ0v) is 12.9. The van der Waals surface area contributed by atoms with Crippen LogP contribution in [0.1, 0.15) is 32.3 Å². The number of hydrogen-bond acceptors (Lipinski definition) is 2. The van der Waals surface area contributed by atoms with E-state index in [-0.39, 0.29) is 11.9 Å². The third-order valence-corrected chi connectivity index (χ3v) is 6.03. The summed E-state index contributed by atoms with van der Waals surface area (Å²) in [4.78, 5) is 0.359. The van der Waals surface area contributed by atoms with Crippen molar-refractivity contribution in [3.8, 4) is 0 Å². The van der Waals surface area contributed by atoms with E-state index >= 15 is 0 Å². The maximum atomic E-state index is 12.8. The average Bonchev–Trinajstić information content (AvgIpc) is 2.88. The molecule has 1 aromatic rings. The van der Waals surface area contributed by atoms with Gasteiger partial charge in [0, 0.05) is 18.5 Å². The minimum Gasteiger partial charge on any atom is -0.207 e. The van der Waals surface area contributed by atoms with Gasteiger partial charge in [-0.05, 0) is 30.4 Å². The largest absolute Gasteiger partial charge is 0.243 e. The van der Waals surface area contributed by atoms with Crippen molar-refractivity contribution in [2.45, 2.75) is 43.5 Å². The van der Waals surface area contributed by atoms with Crippen molar-refractivity contribution < 1.29 is 8.42 Å². The van der Waals surface area contributed by atoms with Gasteiger partial charge in [-0.1, -0.05) is 32.0 Å². The number of rotatable bonds is 4. The second-order valence-electron chi connectivity index (χ2n) is 5.31.